The van der Waals surface area contributed by atoms with Gasteiger partial charge in [-0.2, -0.15) is 0 Å². The van der Waals surface area contributed by atoms with Crippen molar-refractivity contribution in [1.82, 2.24) is 0 Å². The first-order chi connectivity index (χ1) is 11.6. The average molecular weight is 362 g/mol. The van der Waals surface area contributed by atoms with Crippen molar-refractivity contribution in [1.29, 1.82) is 0 Å². The molecule has 0 bridgehead atoms. The highest BCUT2D eigenvalue weighted by Crippen LogP contribution is 2.39. The fraction of sp³-hybridized carbons (Fsp3) is 0.800. The van der Waals surface area contributed by atoms with Crippen molar-refractivity contribution in [3.63, 3.8) is 0 Å². The van der Waals surface area contributed by atoms with E-state index < -0.39 is 54.6 Å². The van der Waals surface area contributed by atoms with E-state index in [-0.39, 0.29) is 6.61 Å². The molecule has 2 rings (SSSR count). The Balaban J connectivity index is 2.29. The molecule has 25 heavy (non-hydrogen) atoms. The molecule has 142 valence electrons. The van der Waals surface area contributed by atoms with Crippen LogP contribution in [0.25, 0.3) is 0 Å². The molecule has 0 unspecified atom stereocenters. The molecule has 10 nitrogen and oxygen atoms in total. The summed E-state index contributed by atoms with van der Waals surface area (Å²) in [6.07, 6.45) is -4.86. The molecule has 2 heterocycles. The van der Waals surface area contributed by atoms with Gasteiger partial charge in [0, 0.05) is 34.8 Å². The van der Waals surface area contributed by atoms with E-state index in [9.17, 15) is 14.4 Å². The van der Waals surface area contributed by atoms with Gasteiger partial charge in [-0.25, -0.2) is 0 Å². The number of rotatable bonds is 5. The molecule has 0 aliphatic carbocycles. The first-order valence-electron chi connectivity index (χ1n) is 7.69. The van der Waals surface area contributed by atoms with Crippen LogP contribution in [0.3, 0.4) is 0 Å². The van der Waals surface area contributed by atoms with Gasteiger partial charge in [-0.05, 0) is 0 Å². The lowest BCUT2D eigenvalue weighted by atomic mass is 9.98. The summed E-state index contributed by atoms with van der Waals surface area (Å²) in [4.78, 5) is 34.1. The van der Waals surface area contributed by atoms with Crippen LogP contribution in [-0.4, -0.2) is 68.3 Å². The summed E-state index contributed by atoms with van der Waals surface area (Å²) in [7, 11) is 1.37. The molecule has 2 fully saturated rings. The fourth-order valence-electron chi connectivity index (χ4n) is 2.67. The fourth-order valence-corrected chi connectivity index (χ4v) is 2.67. The third-order valence-corrected chi connectivity index (χ3v) is 3.70. The van der Waals surface area contributed by atoms with E-state index in [1.54, 1.807) is 0 Å². The Kier molecular flexibility index (Phi) is 5.99. The maximum atomic E-state index is 11.5. The number of fused-ring (bicyclic) bond motifs is 1. The molecule has 0 N–H and O–H groups in total. The molecule has 2 saturated heterocycles. The molecule has 0 spiro atoms. The zero-order valence-electron chi connectivity index (χ0n) is 14.7. The van der Waals surface area contributed by atoms with Crippen molar-refractivity contribution >= 4 is 17.9 Å². The topological polar surface area (TPSA) is 116 Å². The molecule has 2 aliphatic rings. The maximum absolute atomic E-state index is 11.5. The molecule has 0 radical (unpaired) electrons. The average Bonchev–Trinajstić information content (AvgIpc) is 2.84. The summed E-state index contributed by atoms with van der Waals surface area (Å²) in [6, 6.07) is 0. The van der Waals surface area contributed by atoms with Gasteiger partial charge in [-0.3, -0.25) is 19.1 Å². The third kappa shape index (κ3) is 4.66. The highest BCUT2D eigenvalue weighted by atomic mass is 16.9. The summed E-state index contributed by atoms with van der Waals surface area (Å²) in [5, 5.41) is 0. The first-order valence-corrected chi connectivity index (χ1v) is 7.69. The molecule has 0 amide bonds. The van der Waals surface area contributed by atoms with Crippen molar-refractivity contribution in [2.45, 2.75) is 64.4 Å². The van der Waals surface area contributed by atoms with Crippen LogP contribution in [0.5, 0.6) is 0 Å². The van der Waals surface area contributed by atoms with Crippen LogP contribution >= 0.6 is 0 Å². The minimum atomic E-state index is -1.43. The Bertz CT molecular complexity index is 534. The Labute approximate surface area is 144 Å². The molecular formula is C15H22O10. The van der Waals surface area contributed by atoms with Crippen LogP contribution in [0, 0.1) is 0 Å². The zero-order chi connectivity index (χ0) is 18.8. The van der Waals surface area contributed by atoms with Gasteiger partial charge in [0.05, 0.1) is 0 Å². The maximum Gasteiger partial charge on any atom is 0.303 e. The number of hydrogen-bond acceptors (Lipinski definition) is 10. The molecule has 0 saturated carbocycles. The predicted octanol–water partition coefficient (Wildman–Crippen LogP) is -0.127. The number of carbonyl (C=O) groups excluding carboxylic acids is 3. The zero-order valence-corrected chi connectivity index (χ0v) is 14.7. The van der Waals surface area contributed by atoms with Gasteiger partial charge in [-0.1, -0.05) is 0 Å². The highest BCUT2D eigenvalue weighted by molar-refractivity contribution is 5.67. The Morgan fingerprint density at radius 2 is 1.56 bits per heavy atom. The lowest BCUT2D eigenvalue weighted by Crippen LogP contribution is -2.60. The number of esters is 3. The van der Waals surface area contributed by atoms with E-state index in [1.807, 2.05) is 0 Å². The molecule has 2 aliphatic heterocycles. The van der Waals surface area contributed by atoms with Crippen LogP contribution in [0.1, 0.15) is 27.7 Å². The number of hydrogen-bond donors (Lipinski definition) is 0. The normalized spacial score (nSPS) is 37.1. The van der Waals surface area contributed by atoms with Crippen LogP contribution in [0.15, 0.2) is 0 Å². The Morgan fingerprint density at radius 3 is 2.08 bits per heavy atom. The lowest BCUT2D eigenvalue weighted by molar-refractivity contribution is -0.334. The van der Waals surface area contributed by atoms with Gasteiger partial charge in [0.2, 0.25) is 0 Å². The van der Waals surface area contributed by atoms with Gasteiger partial charge in [0.15, 0.2) is 24.6 Å². The molecule has 0 aromatic carbocycles. The SMILES string of the molecule is CO[C@]1(C)O[C@H]2O[C@H](COC(C)=O)[C@H](OC(C)=O)[C@H](OC(C)=O)[C@H]2O1. The quantitative estimate of drug-likeness (QED) is 0.484. The third-order valence-electron chi connectivity index (χ3n) is 3.70. The Morgan fingerprint density at radius 1 is 0.960 bits per heavy atom. The van der Waals surface area contributed by atoms with Crippen molar-refractivity contribution in [3.05, 3.63) is 0 Å². The first kappa shape index (κ1) is 19.6. The second kappa shape index (κ2) is 7.65. The monoisotopic (exact) mass is 362 g/mol. The lowest BCUT2D eigenvalue weighted by Gasteiger charge is -2.40. The molecular weight excluding hydrogens is 340 g/mol. The van der Waals surface area contributed by atoms with Crippen molar-refractivity contribution in [2.75, 3.05) is 13.7 Å². The van der Waals surface area contributed by atoms with Gasteiger partial charge in [0.25, 0.3) is 5.97 Å². The standard InChI is InChI=1S/C15H22O10/c1-7(16)20-6-10-11(21-8(2)17)12(22-9(3)18)13-14(23-10)25-15(4,19-5)24-13/h10-14H,6H2,1-5H3/t10-,11+,12+,13-,14-,15+/m1/s1. The van der Waals surface area contributed by atoms with Crippen LogP contribution < -0.4 is 0 Å². The Hall–Kier alpha value is -1.75. The van der Waals surface area contributed by atoms with Crippen LogP contribution in [0.2, 0.25) is 0 Å². The second-order valence-corrected chi connectivity index (χ2v) is 5.76. The summed E-state index contributed by atoms with van der Waals surface area (Å²) in [5.74, 6) is -3.19. The van der Waals surface area contributed by atoms with Gasteiger partial charge in [-0.15, -0.1) is 0 Å². The summed E-state index contributed by atoms with van der Waals surface area (Å²) >= 11 is 0. The molecule has 6 atom stereocenters. The minimum Gasteiger partial charge on any atom is -0.463 e. The summed E-state index contributed by atoms with van der Waals surface area (Å²) < 4.78 is 37.6. The van der Waals surface area contributed by atoms with E-state index in [0.717, 1.165) is 0 Å². The van der Waals surface area contributed by atoms with Crippen LogP contribution in [-0.2, 0) is 47.5 Å². The van der Waals surface area contributed by atoms with Gasteiger partial charge >= 0.3 is 17.9 Å². The second-order valence-electron chi connectivity index (χ2n) is 5.76. The van der Waals surface area contributed by atoms with E-state index >= 15 is 0 Å². The molecule has 0 aromatic heterocycles. The largest absolute Gasteiger partial charge is 0.463 e. The number of methoxy groups -OCH3 is 1. The van der Waals surface area contributed by atoms with Crippen molar-refractivity contribution < 1.29 is 47.5 Å². The molecule has 0 aromatic rings. The minimum absolute atomic E-state index is 0.221. The molecule has 10 heteroatoms. The number of ether oxygens (including phenoxy) is 7. The van der Waals surface area contributed by atoms with Crippen LogP contribution in [0.4, 0.5) is 0 Å². The van der Waals surface area contributed by atoms with Crippen molar-refractivity contribution in [3.8, 4) is 0 Å². The van der Waals surface area contributed by atoms with E-state index in [4.69, 9.17) is 33.2 Å². The van der Waals surface area contributed by atoms with E-state index in [0.29, 0.717) is 0 Å². The van der Waals surface area contributed by atoms with E-state index in [2.05, 4.69) is 0 Å². The van der Waals surface area contributed by atoms with Gasteiger partial charge in [0.1, 0.15) is 12.7 Å². The number of carbonyl (C=O) groups is 3. The summed E-state index contributed by atoms with van der Waals surface area (Å²) in [5.41, 5.74) is 0. The predicted molar refractivity (Wildman–Crippen MR) is 77.8 cm³/mol. The van der Waals surface area contributed by atoms with Crippen molar-refractivity contribution in [2.24, 2.45) is 0 Å². The summed E-state index contributed by atoms with van der Waals surface area (Å²) in [6.45, 7) is 4.93. The van der Waals surface area contributed by atoms with E-state index in [1.165, 1.54) is 34.8 Å². The van der Waals surface area contributed by atoms with Gasteiger partial charge < -0.3 is 28.4 Å². The highest BCUT2D eigenvalue weighted by Gasteiger charge is 2.59. The smallest absolute Gasteiger partial charge is 0.303 e.